The fourth-order valence-electron chi connectivity index (χ4n) is 2.26. The second kappa shape index (κ2) is 8.31. The first-order chi connectivity index (χ1) is 12.5. The zero-order valence-electron chi connectivity index (χ0n) is 15.3. The second-order valence-corrected chi connectivity index (χ2v) is 9.02. The van der Waals surface area contributed by atoms with Gasteiger partial charge in [-0.3, -0.25) is 0 Å². The summed E-state index contributed by atoms with van der Waals surface area (Å²) in [4.78, 5) is 0. The Morgan fingerprint density at radius 3 is 2.15 bits per heavy atom. The zero-order valence-corrected chi connectivity index (χ0v) is 16.1. The van der Waals surface area contributed by atoms with Gasteiger partial charge in [0.1, 0.15) is 29.7 Å². The predicted octanol–water partition coefficient (Wildman–Crippen LogP) is 4.06. The van der Waals surface area contributed by atoms with E-state index >= 15 is 0 Å². The van der Waals surface area contributed by atoms with Crippen LogP contribution in [-0.4, -0.2) is 20.2 Å². The summed E-state index contributed by atoms with van der Waals surface area (Å²) in [6, 6.07) is 9.08. The molecule has 0 aliphatic rings. The van der Waals surface area contributed by atoms with Crippen molar-refractivity contribution in [3.8, 4) is 5.75 Å². The molecule has 148 valence electrons. The molecule has 0 amide bonds. The molecule has 0 bridgehead atoms. The minimum atomic E-state index is -3.57. The molecule has 1 unspecified atom stereocenters. The minimum absolute atomic E-state index is 0.0465. The van der Waals surface area contributed by atoms with E-state index in [0.717, 1.165) is 18.2 Å². The number of alkyl halides is 1. The number of halogens is 3. The number of hydrogen-bond acceptors (Lipinski definition) is 3. The van der Waals surface area contributed by atoms with Gasteiger partial charge in [-0.1, -0.05) is 12.1 Å². The lowest BCUT2D eigenvalue weighted by molar-refractivity contribution is 0.196. The molecule has 0 saturated carbocycles. The van der Waals surface area contributed by atoms with Gasteiger partial charge in [0.15, 0.2) is 0 Å². The minimum Gasteiger partial charge on any atom is -0.489 e. The van der Waals surface area contributed by atoms with Crippen LogP contribution in [-0.2, 0) is 22.3 Å². The lowest BCUT2D eigenvalue weighted by atomic mass is 9.98. The fraction of sp³-hybridized carbons (Fsp3) is 0.368. The van der Waals surface area contributed by atoms with Crippen LogP contribution >= 0.6 is 0 Å². The van der Waals surface area contributed by atoms with E-state index in [1.165, 1.54) is 45.0 Å². The Balaban J connectivity index is 2.01. The quantitative estimate of drug-likeness (QED) is 0.726. The molecule has 2 aromatic rings. The number of rotatable bonds is 8. The van der Waals surface area contributed by atoms with Crippen LogP contribution in [0.5, 0.6) is 5.75 Å². The molecule has 1 N–H and O–H groups in total. The number of ether oxygens (including phenoxy) is 1. The van der Waals surface area contributed by atoms with Crippen LogP contribution < -0.4 is 9.46 Å². The number of hydrogen-bond donors (Lipinski definition) is 1. The molecule has 0 heterocycles. The largest absolute Gasteiger partial charge is 0.489 e. The molecular weight excluding hydrogens is 379 g/mol. The first-order valence-electron chi connectivity index (χ1n) is 8.35. The average molecular weight is 401 g/mol. The molecular formula is C19H22F3NO3S. The van der Waals surface area contributed by atoms with E-state index in [0.29, 0.717) is 11.3 Å². The predicted molar refractivity (Wildman–Crippen MR) is 97.7 cm³/mol. The molecule has 0 aliphatic heterocycles. The topological polar surface area (TPSA) is 55.4 Å². The van der Waals surface area contributed by atoms with Crippen LogP contribution in [0.2, 0.25) is 0 Å². The highest BCUT2D eigenvalue weighted by molar-refractivity contribution is 7.90. The normalized spacial score (nSPS) is 14.2. The summed E-state index contributed by atoms with van der Waals surface area (Å²) < 4.78 is 72.4. The Morgan fingerprint density at radius 2 is 1.63 bits per heavy atom. The van der Waals surface area contributed by atoms with Crippen LogP contribution in [0, 0.1) is 11.6 Å². The smallest absolute Gasteiger partial charge is 0.214 e. The summed E-state index contributed by atoms with van der Waals surface area (Å²) in [6.45, 7) is 3.86. The molecule has 0 spiro atoms. The van der Waals surface area contributed by atoms with Gasteiger partial charge >= 0.3 is 0 Å². The maximum absolute atomic E-state index is 14.8. The van der Waals surface area contributed by atoms with Gasteiger partial charge in [0.25, 0.3) is 0 Å². The highest BCUT2D eigenvalue weighted by atomic mass is 32.2. The van der Waals surface area contributed by atoms with Crippen molar-refractivity contribution >= 4 is 10.0 Å². The Bertz CT molecular complexity index is 861. The maximum atomic E-state index is 14.8. The van der Waals surface area contributed by atoms with Gasteiger partial charge in [0.05, 0.1) is 5.25 Å². The van der Waals surface area contributed by atoms with Crippen molar-refractivity contribution in [1.29, 1.82) is 0 Å². The van der Waals surface area contributed by atoms with Crippen LogP contribution in [0.4, 0.5) is 13.2 Å². The third-order valence-electron chi connectivity index (χ3n) is 4.01. The molecule has 0 aromatic heterocycles. The fourth-order valence-corrected chi connectivity index (χ4v) is 3.07. The molecule has 2 rings (SSSR count). The molecule has 1 atom stereocenters. The first-order valence-corrected chi connectivity index (χ1v) is 9.90. The molecule has 0 fully saturated rings. The maximum Gasteiger partial charge on any atom is 0.214 e. The summed E-state index contributed by atoms with van der Waals surface area (Å²) >= 11 is 0. The summed E-state index contributed by atoms with van der Waals surface area (Å²) in [5, 5.41) is -0.656. The second-order valence-electron chi connectivity index (χ2n) is 6.70. The van der Waals surface area contributed by atoms with Crippen molar-refractivity contribution < 1.29 is 26.3 Å². The van der Waals surface area contributed by atoms with Crippen molar-refractivity contribution in [2.45, 2.75) is 38.3 Å². The number of sulfonamides is 1. The Morgan fingerprint density at radius 1 is 1.07 bits per heavy atom. The van der Waals surface area contributed by atoms with E-state index in [1.54, 1.807) is 0 Å². The first kappa shape index (κ1) is 21.2. The third kappa shape index (κ3) is 5.97. The molecule has 0 saturated heterocycles. The molecule has 0 radical (unpaired) electrons. The van der Waals surface area contributed by atoms with Crippen LogP contribution in [0.25, 0.3) is 0 Å². The van der Waals surface area contributed by atoms with Crippen molar-refractivity contribution in [2.75, 3.05) is 6.54 Å². The third-order valence-corrected chi connectivity index (χ3v) is 5.80. The van der Waals surface area contributed by atoms with Gasteiger partial charge in [-0.2, -0.15) is 0 Å². The van der Waals surface area contributed by atoms with E-state index in [2.05, 4.69) is 4.72 Å². The van der Waals surface area contributed by atoms with Gasteiger partial charge in [0, 0.05) is 12.6 Å². The van der Waals surface area contributed by atoms with Gasteiger partial charge in [-0.25, -0.2) is 26.3 Å². The summed E-state index contributed by atoms with van der Waals surface area (Å²) in [5.41, 5.74) is -1.31. The van der Waals surface area contributed by atoms with E-state index < -0.39 is 39.1 Å². The van der Waals surface area contributed by atoms with E-state index in [-0.39, 0.29) is 12.2 Å². The summed E-state index contributed by atoms with van der Waals surface area (Å²) in [7, 11) is -3.57. The van der Waals surface area contributed by atoms with E-state index in [9.17, 15) is 21.6 Å². The summed E-state index contributed by atoms with van der Waals surface area (Å²) in [6.07, 6.45) is 0. The lowest BCUT2D eigenvalue weighted by Crippen LogP contribution is -2.39. The molecule has 2 aromatic carbocycles. The monoisotopic (exact) mass is 401 g/mol. The van der Waals surface area contributed by atoms with Crippen LogP contribution in [0.1, 0.15) is 31.9 Å². The highest BCUT2D eigenvalue weighted by Crippen LogP contribution is 2.27. The number of benzene rings is 2. The molecule has 8 heteroatoms. The standard InChI is InChI=1S/C19H22F3NO3S/c1-13(2)27(24,25)23-12-19(3,22)15-4-6-18(7-5-15)26-11-14-8-16(20)10-17(21)9-14/h4-10,13,23H,11-12H2,1-3H3. The van der Waals surface area contributed by atoms with Crippen LogP contribution in [0.3, 0.4) is 0 Å². The van der Waals surface area contributed by atoms with Gasteiger partial charge in [-0.15, -0.1) is 0 Å². The SMILES string of the molecule is CC(C)S(=O)(=O)NCC(C)(F)c1ccc(OCc2cc(F)cc(F)c2)cc1. The summed E-state index contributed by atoms with van der Waals surface area (Å²) in [5.74, 6) is -0.996. The van der Waals surface area contributed by atoms with Crippen LogP contribution in [0.15, 0.2) is 42.5 Å². The lowest BCUT2D eigenvalue weighted by Gasteiger charge is -2.22. The Kier molecular flexibility index (Phi) is 6.54. The van der Waals surface area contributed by atoms with Crippen molar-refractivity contribution in [3.63, 3.8) is 0 Å². The van der Waals surface area contributed by atoms with Crippen molar-refractivity contribution in [3.05, 3.63) is 65.2 Å². The zero-order chi connectivity index (χ0) is 20.2. The van der Waals surface area contributed by atoms with E-state index in [1.807, 2.05) is 0 Å². The molecule has 27 heavy (non-hydrogen) atoms. The van der Waals surface area contributed by atoms with E-state index in [4.69, 9.17) is 4.74 Å². The van der Waals surface area contributed by atoms with Crippen molar-refractivity contribution in [1.82, 2.24) is 4.72 Å². The molecule has 4 nitrogen and oxygen atoms in total. The number of nitrogens with one attached hydrogen (secondary N) is 1. The average Bonchev–Trinajstić information content (AvgIpc) is 2.58. The van der Waals surface area contributed by atoms with Crippen molar-refractivity contribution in [2.24, 2.45) is 0 Å². The van der Waals surface area contributed by atoms with Gasteiger partial charge < -0.3 is 4.74 Å². The highest BCUT2D eigenvalue weighted by Gasteiger charge is 2.29. The molecule has 0 aliphatic carbocycles. The van der Waals surface area contributed by atoms with Gasteiger partial charge in [0.2, 0.25) is 10.0 Å². The Hall–Kier alpha value is -2.06. The Labute approximate surface area is 157 Å². The van der Waals surface area contributed by atoms with Gasteiger partial charge in [-0.05, 0) is 56.2 Å².